The highest BCUT2D eigenvalue weighted by atomic mass is 16.5. The van der Waals surface area contributed by atoms with Crippen molar-refractivity contribution in [1.82, 2.24) is 19.6 Å². The van der Waals surface area contributed by atoms with E-state index in [0.29, 0.717) is 45.0 Å². The topological polar surface area (TPSA) is 76.9 Å². The highest BCUT2D eigenvalue weighted by molar-refractivity contribution is 5.97. The minimum atomic E-state index is -0.551. The highest BCUT2D eigenvalue weighted by Gasteiger charge is 2.43. The van der Waals surface area contributed by atoms with Gasteiger partial charge in [-0.05, 0) is 25.1 Å². The molecule has 3 heterocycles. The van der Waals surface area contributed by atoms with Crippen LogP contribution in [0.15, 0.2) is 36.4 Å². The number of para-hydroxylation sites is 1. The van der Waals surface area contributed by atoms with Crippen molar-refractivity contribution in [3.63, 3.8) is 0 Å². The highest BCUT2D eigenvalue weighted by Crippen LogP contribution is 2.26. The van der Waals surface area contributed by atoms with Crippen molar-refractivity contribution < 1.29 is 19.1 Å². The summed E-state index contributed by atoms with van der Waals surface area (Å²) in [6.07, 6.45) is 0.221. The van der Waals surface area contributed by atoms with E-state index in [0.717, 1.165) is 11.4 Å². The van der Waals surface area contributed by atoms with Gasteiger partial charge in [0.25, 0.3) is 5.91 Å². The second-order valence-corrected chi connectivity index (χ2v) is 7.49. The molecule has 2 atom stereocenters. The normalized spacial score (nSPS) is 22.0. The van der Waals surface area contributed by atoms with Crippen molar-refractivity contribution in [3.05, 3.63) is 47.8 Å². The number of hydrogen-bond acceptors (Lipinski definition) is 5. The average molecular weight is 398 g/mol. The number of rotatable bonds is 4. The van der Waals surface area contributed by atoms with Crippen LogP contribution in [0.1, 0.15) is 22.6 Å². The first-order chi connectivity index (χ1) is 14.0. The Balaban J connectivity index is 1.57. The molecular formula is C21H26N4O4. The quantitative estimate of drug-likeness (QED) is 0.775. The summed E-state index contributed by atoms with van der Waals surface area (Å²) in [7, 11) is 1.74. The van der Waals surface area contributed by atoms with E-state index in [9.17, 15) is 9.59 Å². The van der Waals surface area contributed by atoms with E-state index < -0.39 is 6.04 Å². The van der Waals surface area contributed by atoms with Crippen LogP contribution >= 0.6 is 0 Å². The Kier molecular flexibility index (Phi) is 5.53. The Morgan fingerprint density at radius 3 is 2.55 bits per heavy atom. The molecule has 2 amide bonds. The van der Waals surface area contributed by atoms with Crippen LogP contribution in [0.3, 0.4) is 0 Å². The lowest BCUT2D eigenvalue weighted by molar-refractivity contribution is -0.139. The Hall–Kier alpha value is -2.87. The summed E-state index contributed by atoms with van der Waals surface area (Å²) in [4.78, 5) is 30.0. The third-order valence-electron chi connectivity index (χ3n) is 5.40. The molecule has 0 aliphatic carbocycles. The van der Waals surface area contributed by atoms with Crippen LogP contribution in [-0.4, -0.2) is 76.4 Å². The Bertz CT molecular complexity index is 876. The number of ether oxygens (including phenoxy) is 2. The fraction of sp³-hybridized carbons (Fsp3) is 0.476. The number of likely N-dealkylation sites (tertiary alicyclic amines) is 1. The van der Waals surface area contributed by atoms with Gasteiger partial charge in [0, 0.05) is 26.6 Å². The number of amides is 2. The summed E-state index contributed by atoms with van der Waals surface area (Å²) in [5.74, 6) is 0.499. The van der Waals surface area contributed by atoms with Crippen molar-refractivity contribution in [2.24, 2.45) is 7.05 Å². The Morgan fingerprint density at radius 2 is 1.90 bits per heavy atom. The minimum Gasteiger partial charge on any atom is -0.488 e. The number of morpholine rings is 1. The van der Waals surface area contributed by atoms with Gasteiger partial charge in [-0.25, -0.2) is 0 Å². The molecule has 1 aromatic heterocycles. The molecule has 2 aliphatic heterocycles. The van der Waals surface area contributed by atoms with E-state index in [4.69, 9.17) is 9.47 Å². The maximum Gasteiger partial charge on any atom is 0.272 e. The molecule has 2 fully saturated rings. The molecule has 8 heteroatoms. The predicted molar refractivity (Wildman–Crippen MR) is 106 cm³/mol. The molecule has 1 aromatic carbocycles. The van der Waals surface area contributed by atoms with Gasteiger partial charge in [0.1, 0.15) is 23.6 Å². The molecule has 2 aliphatic rings. The molecule has 8 nitrogen and oxygen atoms in total. The van der Waals surface area contributed by atoms with Gasteiger partial charge in [0.15, 0.2) is 0 Å². The van der Waals surface area contributed by atoms with Gasteiger partial charge in [-0.3, -0.25) is 14.3 Å². The molecular weight excluding hydrogens is 372 g/mol. The molecule has 0 unspecified atom stereocenters. The first-order valence-corrected chi connectivity index (χ1v) is 9.93. The SMILES string of the molecule is Cc1cc(C(=O)N2C[C@@H](Oc3ccccc3)C[C@H]2C(=O)N2CCOCC2)n(C)n1. The van der Waals surface area contributed by atoms with Crippen molar-refractivity contribution in [2.45, 2.75) is 25.5 Å². The van der Waals surface area contributed by atoms with Crippen molar-refractivity contribution in [2.75, 3.05) is 32.8 Å². The molecule has 0 radical (unpaired) electrons. The molecule has 4 rings (SSSR count). The largest absolute Gasteiger partial charge is 0.488 e. The van der Waals surface area contributed by atoms with Crippen LogP contribution in [-0.2, 0) is 16.6 Å². The number of benzene rings is 1. The van der Waals surface area contributed by atoms with Crippen LogP contribution < -0.4 is 4.74 Å². The minimum absolute atomic E-state index is 0.0419. The zero-order valence-corrected chi connectivity index (χ0v) is 16.8. The second kappa shape index (κ2) is 8.24. The summed E-state index contributed by atoms with van der Waals surface area (Å²) in [6.45, 7) is 4.35. The van der Waals surface area contributed by atoms with Crippen LogP contribution in [0, 0.1) is 6.92 Å². The number of nitrogens with zero attached hydrogens (tertiary/aromatic N) is 4. The fourth-order valence-electron chi connectivity index (χ4n) is 3.99. The molecule has 2 aromatic rings. The summed E-state index contributed by atoms with van der Waals surface area (Å²) in [5.41, 5.74) is 1.24. The predicted octanol–water partition coefficient (Wildman–Crippen LogP) is 1.25. The molecule has 0 bridgehead atoms. The van der Waals surface area contributed by atoms with E-state index >= 15 is 0 Å². The second-order valence-electron chi connectivity index (χ2n) is 7.49. The van der Waals surface area contributed by atoms with Crippen molar-refractivity contribution in [3.8, 4) is 5.75 Å². The van der Waals surface area contributed by atoms with Gasteiger partial charge in [-0.1, -0.05) is 18.2 Å². The molecule has 0 saturated carbocycles. The third kappa shape index (κ3) is 4.12. The Labute approximate surface area is 170 Å². The van der Waals surface area contributed by atoms with Gasteiger partial charge in [-0.15, -0.1) is 0 Å². The summed E-state index contributed by atoms with van der Waals surface area (Å²) in [6, 6.07) is 10.7. The lowest BCUT2D eigenvalue weighted by Crippen LogP contribution is -2.51. The summed E-state index contributed by atoms with van der Waals surface area (Å²) in [5, 5.41) is 4.28. The van der Waals surface area contributed by atoms with Gasteiger partial charge < -0.3 is 19.3 Å². The molecule has 29 heavy (non-hydrogen) atoms. The number of carbonyl (C=O) groups is 2. The molecule has 2 saturated heterocycles. The smallest absolute Gasteiger partial charge is 0.272 e. The maximum atomic E-state index is 13.3. The number of aromatic nitrogens is 2. The van der Waals surface area contributed by atoms with E-state index in [1.54, 1.807) is 27.6 Å². The zero-order chi connectivity index (χ0) is 20.4. The van der Waals surface area contributed by atoms with Gasteiger partial charge in [0.05, 0.1) is 25.5 Å². The monoisotopic (exact) mass is 398 g/mol. The lowest BCUT2D eigenvalue weighted by atomic mass is 10.1. The zero-order valence-electron chi connectivity index (χ0n) is 16.8. The number of aryl methyl sites for hydroxylation is 2. The van der Waals surface area contributed by atoms with Crippen molar-refractivity contribution in [1.29, 1.82) is 0 Å². The molecule has 154 valence electrons. The summed E-state index contributed by atoms with van der Waals surface area (Å²) < 4.78 is 13.0. The fourth-order valence-corrected chi connectivity index (χ4v) is 3.99. The number of hydrogen-bond donors (Lipinski definition) is 0. The van der Waals surface area contributed by atoms with Crippen molar-refractivity contribution >= 4 is 11.8 Å². The first-order valence-electron chi connectivity index (χ1n) is 9.93. The van der Waals surface area contributed by atoms with E-state index in [1.807, 2.05) is 37.3 Å². The standard InChI is InChI=1S/C21H26N4O4/c1-15-12-18(23(2)22-15)21(27)25-14-17(29-16-6-4-3-5-7-16)13-19(25)20(26)24-8-10-28-11-9-24/h3-7,12,17,19H,8-11,13-14H2,1-2H3/t17-,19-/m0/s1. The van der Waals surface area contributed by atoms with E-state index in [-0.39, 0.29) is 17.9 Å². The van der Waals surface area contributed by atoms with Crippen LogP contribution in [0.5, 0.6) is 5.75 Å². The summed E-state index contributed by atoms with van der Waals surface area (Å²) >= 11 is 0. The average Bonchev–Trinajstić information content (AvgIpc) is 3.31. The van der Waals surface area contributed by atoms with Gasteiger partial charge in [-0.2, -0.15) is 5.10 Å². The van der Waals surface area contributed by atoms with E-state index in [2.05, 4.69) is 5.10 Å². The van der Waals surface area contributed by atoms with Crippen LogP contribution in [0.2, 0.25) is 0 Å². The molecule has 0 N–H and O–H groups in total. The number of carbonyl (C=O) groups excluding carboxylic acids is 2. The van der Waals surface area contributed by atoms with Crippen LogP contribution in [0.25, 0.3) is 0 Å². The van der Waals surface area contributed by atoms with E-state index in [1.165, 1.54) is 0 Å². The Morgan fingerprint density at radius 1 is 1.17 bits per heavy atom. The lowest BCUT2D eigenvalue weighted by Gasteiger charge is -2.32. The van der Waals surface area contributed by atoms with Gasteiger partial charge in [0.2, 0.25) is 5.91 Å². The van der Waals surface area contributed by atoms with Crippen LogP contribution in [0.4, 0.5) is 0 Å². The van der Waals surface area contributed by atoms with Gasteiger partial charge >= 0.3 is 0 Å². The first kappa shape index (κ1) is 19.4. The molecule has 0 spiro atoms. The maximum absolute atomic E-state index is 13.3. The third-order valence-corrected chi connectivity index (χ3v) is 5.40.